The highest BCUT2D eigenvalue weighted by Crippen LogP contribution is 2.10. The molecular weight excluding hydrogens is 260 g/mol. The first-order valence-electron chi connectivity index (χ1n) is 5.65. The van der Waals surface area contributed by atoms with Gasteiger partial charge in [0.2, 0.25) is 5.91 Å². The van der Waals surface area contributed by atoms with Gasteiger partial charge in [0.05, 0.1) is 5.75 Å². The lowest BCUT2D eigenvalue weighted by Crippen LogP contribution is -2.44. The number of carbonyl (C=O) groups excluding carboxylic acids is 1. The summed E-state index contributed by atoms with van der Waals surface area (Å²) in [6.45, 7) is 2.64. The van der Waals surface area contributed by atoms with Gasteiger partial charge in [-0.2, -0.15) is 11.8 Å². The number of carbonyl (C=O) groups is 1. The Kier molecular flexibility index (Phi) is 5.75. The molecule has 100 valence electrons. The third-order valence-electron chi connectivity index (χ3n) is 2.39. The summed E-state index contributed by atoms with van der Waals surface area (Å²) in [6, 6.07) is -0.118. The Labute approximate surface area is 107 Å². The van der Waals surface area contributed by atoms with Crippen LogP contribution in [0.5, 0.6) is 0 Å². The molecule has 0 radical (unpaired) electrons. The summed E-state index contributed by atoms with van der Waals surface area (Å²) in [5.41, 5.74) is 0. The number of hydrogen-bond acceptors (Lipinski definition) is 5. The van der Waals surface area contributed by atoms with E-state index in [4.69, 9.17) is 0 Å². The first-order valence-corrected chi connectivity index (χ1v) is 8.86. The first-order chi connectivity index (χ1) is 7.87. The minimum atomic E-state index is -3.04. The summed E-state index contributed by atoms with van der Waals surface area (Å²) >= 11 is 1.84. The third-order valence-corrected chi connectivity index (χ3v) is 4.63. The van der Waals surface area contributed by atoms with Crippen molar-refractivity contribution >= 4 is 27.5 Å². The number of sulfone groups is 1. The van der Waals surface area contributed by atoms with E-state index >= 15 is 0 Å². The highest BCUT2D eigenvalue weighted by molar-refractivity contribution is 7.99. The summed E-state index contributed by atoms with van der Waals surface area (Å²) in [4.78, 5) is 11.7. The molecule has 2 N–H and O–H groups in total. The van der Waals surface area contributed by atoms with Crippen LogP contribution in [-0.2, 0) is 14.6 Å². The van der Waals surface area contributed by atoms with Crippen molar-refractivity contribution < 1.29 is 13.2 Å². The maximum Gasteiger partial charge on any atom is 0.221 e. The zero-order chi connectivity index (χ0) is 12.9. The molecule has 1 aliphatic rings. The molecule has 1 aliphatic heterocycles. The van der Waals surface area contributed by atoms with E-state index in [1.54, 1.807) is 6.92 Å². The Bertz CT molecular complexity index is 351. The normalized spacial score (nSPS) is 23.1. The Morgan fingerprint density at radius 2 is 2.29 bits per heavy atom. The molecule has 5 nitrogen and oxygen atoms in total. The Hall–Kier alpha value is -0.270. The highest BCUT2D eigenvalue weighted by Gasteiger charge is 2.18. The minimum Gasteiger partial charge on any atom is -0.353 e. The molecular formula is C10H20N2O3S2. The van der Waals surface area contributed by atoms with Crippen molar-refractivity contribution in [3.8, 4) is 0 Å². The van der Waals surface area contributed by atoms with E-state index < -0.39 is 9.84 Å². The fraction of sp³-hybridized carbons (Fsp3) is 0.900. The largest absolute Gasteiger partial charge is 0.353 e. The van der Waals surface area contributed by atoms with E-state index in [2.05, 4.69) is 10.6 Å². The molecule has 1 heterocycles. The van der Waals surface area contributed by atoms with Crippen molar-refractivity contribution in [1.29, 1.82) is 0 Å². The molecule has 17 heavy (non-hydrogen) atoms. The second-order valence-corrected chi connectivity index (χ2v) is 7.83. The lowest BCUT2D eigenvalue weighted by molar-refractivity contribution is -0.121. The van der Waals surface area contributed by atoms with Gasteiger partial charge in [0.25, 0.3) is 0 Å². The smallest absolute Gasteiger partial charge is 0.221 e. The van der Waals surface area contributed by atoms with Crippen molar-refractivity contribution in [1.82, 2.24) is 10.6 Å². The molecule has 0 spiro atoms. The Balaban J connectivity index is 2.28. The maximum atomic E-state index is 11.7. The van der Waals surface area contributed by atoms with Crippen LogP contribution in [0, 0.1) is 0 Å². The molecule has 1 saturated heterocycles. The van der Waals surface area contributed by atoms with E-state index in [-0.39, 0.29) is 23.7 Å². The van der Waals surface area contributed by atoms with Gasteiger partial charge in [-0.05, 0) is 6.92 Å². The summed E-state index contributed by atoms with van der Waals surface area (Å²) in [6.07, 6.45) is 1.59. The minimum absolute atomic E-state index is 0.00835. The zero-order valence-electron chi connectivity index (χ0n) is 10.2. The molecule has 1 rings (SSSR count). The number of amides is 1. The molecule has 2 unspecified atom stereocenters. The van der Waals surface area contributed by atoms with Gasteiger partial charge in [0.15, 0.2) is 0 Å². The molecule has 0 aromatic heterocycles. The van der Waals surface area contributed by atoms with Crippen molar-refractivity contribution in [2.24, 2.45) is 0 Å². The monoisotopic (exact) mass is 280 g/mol. The molecule has 0 saturated carbocycles. The Morgan fingerprint density at radius 3 is 2.82 bits per heavy atom. The lowest BCUT2D eigenvalue weighted by Gasteiger charge is -2.23. The Morgan fingerprint density at radius 1 is 1.59 bits per heavy atom. The van der Waals surface area contributed by atoms with Crippen LogP contribution in [0.15, 0.2) is 0 Å². The van der Waals surface area contributed by atoms with Crippen LogP contribution in [0.2, 0.25) is 0 Å². The standard InChI is InChI=1S/C10H20N2O3S2/c1-8(7-17(2,14)15)12-10(13)5-9-6-16-4-3-11-9/h8-9,11H,3-7H2,1-2H3,(H,12,13). The van der Waals surface area contributed by atoms with Crippen LogP contribution in [0.4, 0.5) is 0 Å². The van der Waals surface area contributed by atoms with Crippen LogP contribution >= 0.6 is 11.8 Å². The van der Waals surface area contributed by atoms with Gasteiger partial charge in [0.1, 0.15) is 9.84 Å². The second kappa shape index (κ2) is 6.61. The average Bonchev–Trinajstić information content (AvgIpc) is 2.15. The van der Waals surface area contributed by atoms with E-state index in [0.29, 0.717) is 6.42 Å². The molecule has 1 fully saturated rings. The van der Waals surface area contributed by atoms with E-state index in [9.17, 15) is 13.2 Å². The summed E-state index contributed by atoms with van der Waals surface area (Å²) < 4.78 is 22.1. The van der Waals surface area contributed by atoms with Crippen LogP contribution in [-0.4, -0.2) is 56.5 Å². The third kappa shape index (κ3) is 6.90. The van der Waals surface area contributed by atoms with Crippen molar-refractivity contribution in [2.45, 2.75) is 25.4 Å². The van der Waals surface area contributed by atoms with Gasteiger partial charge in [0, 0.05) is 42.8 Å². The molecule has 1 amide bonds. The average molecular weight is 280 g/mol. The zero-order valence-corrected chi connectivity index (χ0v) is 11.9. The van der Waals surface area contributed by atoms with E-state index in [1.807, 2.05) is 11.8 Å². The molecule has 0 aliphatic carbocycles. The van der Waals surface area contributed by atoms with Gasteiger partial charge >= 0.3 is 0 Å². The van der Waals surface area contributed by atoms with Crippen LogP contribution in [0.1, 0.15) is 13.3 Å². The van der Waals surface area contributed by atoms with E-state index in [0.717, 1.165) is 18.1 Å². The SMILES string of the molecule is CC(CS(C)(=O)=O)NC(=O)CC1CSCCN1. The molecule has 2 atom stereocenters. The lowest BCUT2D eigenvalue weighted by atomic mass is 10.2. The number of nitrogens with one attached hydrogen (secondary N) is 2. The van der Waals surface area contributed by atoms with Crippen LogP contribution < -0.4 is 10.6 Å². The van der Waals surface area contributed by atoms with Crippen molar-refractivity contribution in [2.75, 3.05) is 30.1 Å². The predicted molar refractivity (Wildman–Crippen MR) is 71.0 cm³/mol. The van der Waals surface area contributed by atoms with Crippen molar-refractivity contribution in [3.63, 3.8) is 0 Å². The fourth-order valence-corrected chi connectivity index (χ4v) is 3.74. The molecule has 0 aromatic rings. The van der Waals surface area contributed by atoms with Gasteiger partial charge in [-0.1, -0.05) is 0 Å². The molecule has 0 bridgehead atoms. The van der Waals surface area contributed by atoms with Crippen LogP contribution in [0.3, 0.4) is 0 Å². The quantitative estimate of drug-likeness (QED) is 0.719. The molecule has 0 aromatic carbocycles. The summed E-state index contributed by atoms with van der Waals surface area (Å²) in [7, 11) is -3.04. The molecule has 7 heteroatoms. The van der Waals surface area contributed by atoms with Gasteiger partial charge < -0.3 is 10.6 Å². The first kappa shape index (κ1) is 14.8. The van der Waals surface area contributed by atoms with E-state index in [1.165, 1.54) is 6.26 Å². The predicted octanol–water partition coefficient (Wildman–Crippen LogP) is -0.369. The topological polar surface area (TPSA) is 75.3 Å². The van der Waals surface area contributed by atoms with Crippen molar-refractivity contribution in [3.05, 3.63) is 0 Å². The number of hydrogen-bond donors (Lipinski definition) is 2. The highest BCUT2D eigenvalue weighted by atomic mass is 32.2. The van der Waals surface area contributed by atoms with Gasteiger partial charge in [-0.25, -0.2) is 8.42 Å². The van der Waals surface area contributed by atoms with Crippen LogP contribution in [0.25, 0.3) is 0 Å². The summed E-state index contributed by atoms with van der Waals surface area (Å²) in [5.74, 6) is 1.93. The fourth-order valence-electron chi connectivity index (χ4n) is 1.80. The summed E-state index contributed by atoms with van der Waals surface area (Å²) in [5, 5.41) is 5.99. The van der Waals surface area contributed by atoms with Gasteiger partial charge in [-0.15, -0.1) is 0 Å². The number of rotatable bonds is 5. The number of thioether (sulfide) groups is 1. The maximum absolute atomic E-state index is 11.7. The van der Waals surface area contributed by atoms with Gasteiger partial charge in [-0.3, -0.25) is 4.79 Å². The second-order valence-electron chi connectivity index (χ2n) is 4.49.